The van der Waals surface area contributed by atoms with Gasteiger partial charge in [-0.2, -0.15) is 0 Å². The van der Waals surface area contributed by atoms with Gasteiger partial charge in [-0.3, -0.25) is 9.98 Å². The molecule has 0 amide bonds. The van der Waals surface area contributed by atoms with Crippen LogP contribution in [-0.4, -0.2) is 40.2 Å². The highest BCUT2D eigenvalue weighted by atomic mass is 15.0. The van der Waals surface area contributed by atoms with Crippen molar-refractivity contribution in [3.8, 4) is 0 Å². The predicted octanol–water partition coefficient (Wildman–Crippen LogP) is 1.06. The Balaban J connectivity index is 4.79. The van der Waals surface area contributed by atoms with Gasteiger partial charge >= 0.3 is 0 Å². The van der Waals surface area contributed by atoms with Gasteiger partial charge in [-0.15, -0.1) is 0 Å². The molecule has 0 saturated carbocycles. The topological polar surface area (TPSA) is 48.8 Å². The van der Waals surface area contributed by atoms with Crippen molar-refractivity contribution in [2.75, 3.05) is 27.7 Å². The molecule has 0 aliphatic heterocycles. The van der Waals surface area contributed by atoms with Crippen molar-refractivity contribution in [2.45, 2.75) is 13.3 Å². The molecular formula is C11H22N4. The van der Waals surface area contributed by atoms with E-state index in [1.54, 1.807) is 7.05 Å². The van der Waals surface area contributed by atoms with Crippen LogP contribution in [0.25, 0.3) is 0 Å². The Bertz CT molecular complexity index is 237. The van der Waals surface area contributed by atoms with Crippen LogP contribution in [0.5, 0.6) is 0 Å². The molecule has 0 aliphatic carbocycles. The highest BCUT2D eigenvalue weighted by Crippen LogP contribution is 2.06. The van der Waals surface area contributed by atoms with Gasteiger partial charge in [0.05, 0.1) is 12.5 Å². The molecule has 0 aromatic heterocycles. The van der Waals surface area contributed by atoms with Gasteiger partial charge in [-0.1, -0.05) is 13.0 Å². The Labute approximate surface area is 92.6 Å². The van der Waals surface area contributed by atoms with Crippen molar-refractivity contribution in [2.24, 2.45) is 15.9 Å². The first-order valence-electron chi connectivity index (χ1n) is 5.18. The Morgan fingerprint density at radius 3 is 2.40 bits per heavy atom. The maximum atomic E-state index is 4.19. The fraction of sp³-hybridized carbons (Fsp3) is 0.636. The second-order valence-electron chi connectivity index (χ2n) is 3.17. The average Bonchev–Trinajstić information content (AvgIpc) is 2.27. The second kappa shape index (κ2) is 8.03. The van der Waals surface area contributed by atoms with Crippen LogP contribution < -0.4 is 10.6 Å². The minimum atomic E-state index is 0.180. The molecule has 4 nitrogen and oxygen atoms in total. The molecule has 1 unspecified atom stereocenters. The van der Waals surface area contributed by atoms with Gasteiger partial charge in [0, 0.05) is 26.8 Å². The number of nitrogens with one attached hydrogen (secondary N) is 2. The first-order valence-corrected chi connectivity index (χ1v) is 5.18. The third kappa shape index (κ3) is 4.63. The number of amidine groups is 1. The lowest BCUT2D eigenvalue weighted by Crippen LogP contribution is -2.29. The largest absolute Gasteiger partial charge is 0.392 e. The molecule has 0 fully saturated rings. The first-order chi connectivity index (χ1) is 7.23. The van der Waals surface area contributed by atoms with Crippen LogP contribution in [0.4, 0.5) is 0 Å². The second-order valence-corrected chi connectivity index (χ2v) is 3.17. The predicted molar refractivity (Wildman–Crippen MR) is 67.8 cm³/mol. The molecule has 0 heterocycles. The number of hydrogen-bond donors (Lipinski definition) is 2. The fourth-order valence-corrected chi connectivity index (χ4v) is 1.44. The van der Waals surface area contributed by atoms with Crippen LogP contribution >= 0.6 is 0 Å². The lowest BCUT2D eigenvalue weighted by atomic mass is 10.1. The molecule has 0 aliphatic rings. The Morgan fingerprint density at radius 2 is 2.07 bits per heavy atom. The molecule has 0 bridgehead atoms. The standard InChI is InChI=1S/C11H22N4/c1-6-10(13-3)7-9(8-12-2)11(14-4)15-5/h7,9,13H,2,6,8H2,1,3-5H3,(H,14,15)/b10-7+. The highest BCUT2D eigenvalue weighted by molar-refractivity contribution is 5.86. The minimum Gasteiger partial charge on any atom is -0.392 e. The molecule has 4 heteroatoms. The molecule has 0 saturated heterocycles. The quantitative estimate of drug-likeness (QED) is 0.509. The monoisotopic (exact) mass is 210 g/mol. The van der Waals surface area contributed by atoms with E-state index in [9.17, 15) is 0 Å². The molecule has 0 radical (unpaired) electrons. The molecule has 0 rings (SSSR count). The molecular weight excluding hydrogens is 188 g/mol. The lowest BCUT2D eigenvalue weighted by Gasteiger charge is -2.15. The van der Waals surface area contributed by atoms with Crippen LogP contribution in [-0.2, 0) is 0 Å². The molecule has 0 spiro atoms. The summed E-state index contributed by atoms with van der Waals surface area (Å²) in [5.74, 6) is 1.11. The van der Waals surface area contributed by atoms with E-state index in [4.69, 9.17) is 0 Å². The van der Waals surface area contributed by atoms with Crippen molar-refractivity contribution < 1.29 is 0 Å². The number of aliphatic imine (C=N–C) groups is 2. The highest BCUT2D eigenvalue weighted by Gasteiger charge is 2.11. The van der Waals surface area contributed by atoms with Crippen LogP contribution in [0, 0.1) is 5.92 Å². The van der Waals surface area contributed by atoms with Crippen molar-refractivity contribution in [3.05, 3.63) is 11.8 Å². The summed E-state index contributed by atoms with van der Waals surface area (Å²) in [4.78, 5) is 8.12. The smallest absolute Gasteiger partial charge is 0.105 e. The fourth-order valence-electron chi connectivity index (χ4n) is 1.44. The Hall–Kier alpha value is -1.32. The summed E-state index contributed by atoms with van der Waals surface area (Å²) < 4.78 is 0. The first kappa shape index (κ1) is 13.7. The Kier molecular flexibility index (Phi) is 7.32. The van der Waals surface area contributed by atoms with Crippen molar-refractivity contribution in [1.82, 2.24) is 10.6 Å². The van der Waals surface area contributed by atoms with Gasteiger partial charge in [-0.25, -0.2) is 0 Å². The maximum absolute atomic E-state index is 4.19. The van der Waals surface area contributed by atoms with Gasteiger partial charge in [0.25, 0.3) is 0 Å². The average molecular weight is 210 g/mol. The van der Waals surface area contributed by atoms with E-state index in [2.05, 4.69) is 40.3 Å². The zero-order valence-electron chi connectivity index (χ0n) is 10.2. The van der Waals surface area contributed by atoms with Crippen LogP contribution in [0.3, 0.4) is 0 Å². The van der Waals surface area contributed by atoms with Crippen LogP contribution in [0.15, 0.2) is 21.8 Å². The molecule has 2 N–H and O–H groups in total. The Morgan fingerprint density at radius 1 is 1.40 bits per heavy atom. The van der Waals surface area contributed by atoms with E-state index in [-0.39, 0.29) is 5.92 Å². The van der Waals surface area contributed by atoms with Gasteiger partial charge in [0.2, 0.25) is 0 Å². The zero-order chi connectivity index (χ0) is 11.7. The number of hydrogen-bond acceptors (Lipinski definition) is 3. The van der Waals surface area contributed by atoms with E-state index >= 15 is 0 Å². The van der Waals surface area contributed by atoms with E-state index in [1.807, 2.05) is 14.1 Å². The van der Waals surface area contributed by atoms with Gasteiger partial charge in [0.15, 0.2) is 0 Å². The van der Waals surface area contributed by atoms with Crippen molar-refractivity contribution in [3.63, 3.8) is 0 Å². The van der Waals surface area contributed by atoms with E-state index < -0.39 is 0 Å². The van der Waals surface area contributed by atoms with Gasteiger partial charge in [0.1, 0.15) is 5.84 Å². The third-order valence-electron chi connectivity index (χ3n) is 2.28. The molecule has 0 aromatic carbocycles. The lowest BCUT2D eigenvalue weighted by molar-refractivity contribution is 0.790. The summed E-state index contributed by atoms with van der Waals surface area (Å²) in [7, 11) is 5.58. The van der Waals surface area contributed by atoms with Crippen LogP contribution in [0.1, 0.15) is 13.3 Å². The maximum Gasteiger partial charge on any atom is 0.105 e. The summed E-state index contributed by atoms with van der Waals surface area (Å²) in [5.41, 5.74) is 1.19. The molecule has 0 aromatic rings. The van der Waals surface area contributed by atoms with Crippen molar-refractivity contribution in [1.29, 1.82) is 0 Å². The normalized spacial score (nSPS) is 14.7. The zero-order valence-corrected chi connectivity index (χ0v) is 10.2. The molecule has 1 atom stereocenters. The summed E-state index contributed by atoms with van der Waals surface area (Å²) in [6, 6.07) is 0. The van der Waals surface area contributed by atoms with Gasteiger partial charge in [-0.05, 0) is 13.1 Å². The van der Waals surface area contributed by atoms with Crippen LogP contribution in [0.2, 0.25) is 0 Å². The third-order valence-corrected chi connectivity index (χ3v) is 2.28. The molecule has 86 valence electrons. The number of allylic oxidation sites excluding steroid dienone is 1. The van der Waals surface area contributed by atoms with Gasteiger partial charge < -0.3 is 10.6 Å². The van der Waals surface area contributed by atoms with E-state index in [0.717, 1.165) is 12.3 Å². The summed E-state index contributed by atoms with van der Waals surface area (Å²) >= 11 is 0. The SMILES string of the molecule is C=NCC(/C=C(\CC)NC)C(=NC)NC. The molecule has 15 heavy (non-hydrogen) atoms. The summed E-state index contributed by atoms with van der Waals surface area (Å²) in [6.07, 6.45) is 3.12. The number of rotatable bonds is 6. The van der Waals surface area contributed by atoms with E-state index in [0.29, 0.717) is 6.54 Å². The number of nitrogens with zero attached hydrogens (tertiary/aromatic N) is 2. The minimum absolute atomic E-state index is 0.180. The van der Waals surface area contributed by atoms with E-state index in [1.165, 1.54) is 5.70 Å². The summed E-state index contributed by atoms with van der Waals surface area (Å²) in [5, 5.41) is 6.24. The van der Waals surface area contributed by atoms with Crippen molar-refractivity contribution >= 4 is 12.6 Å². The summed E-state index contributed by atoms with van der Waals surface area (Å²) in [6.45, 7) is 6.29.